The van der Waals surface area contributed by atoms with Crippen LogP contribution in [0.5, 0.6) is 0 Å². The molecule has 23 heavy (non-hydrogen) atoms. The van der Waals surface area contributed by atoms with E-state index in [9.17, 15) is 4.79 Å². The highest BCUT2D eigenvalue weighted by atomic mass is 16.7. The minimum Gasteiger partial charge on any atom is -0.348 e. The number of fused-ring (bicyclic) bond motifs is 1. The molecule has 2 aromatic rings. The van der Waals surface area contributed by atoms with E-state index in [1.54, 1.807) is 14.2 Å². The first kappa shape index (κ1) is 15.7. The lowest BCUT2D eigenvalue weighted by molar-refractivity contribution is -0.251. The topological polar surface area (TPSA) is 35.5 Å². The second-order valence-corrected chi connectivity index (χ2v) is 5.85. The zero-order chi connectivity index (χ0) is 16.5. The Bertz CT molecular complexity index is 744. The lowest BCUT2D eigenvalue weighted by atomic mass is 9.80. The predicted octanol–water partition coefficient (Wildman–Crippen LogP) is 4.05. The first-order chi connectivity index (χ1) is 11.1. The molecule has 118 valence electrons. The van der Waals surface area contributed by atoms with Crippen molar-refractivity contribution in [1.82, 2.24) is 0 Å². The maximum absolute atomic E-state index is 13.1. The molecule has 1 aliphatic rings. The van der Waals surface area contributed by atoms with Gasteiger partial charge in [-0.25, -0.2) is 0 Å². The van der Waals surface area contributed by atoms with Crippen molar-refractivity contribution in [2.24, 2.45) is 5.41 Å². The van der Waals surface area contributed by atoms with Gasteiger partial charge in [0, 0.05) is 25.3 Å². The Morgan fingerprint density at radius 3 is 2.17 bits per heavy atom. The molecule has 0 spiro atoms. The molecule has 0 aliphatic heterocycles. The van der Waals surface area contributed by atoms with E-state index in [2.05, 4.69) is 0 Å². The monoisotopic (exact) mass is 308 g/mol. The average molecular weight is 308 g/mol. The van der Waals surface area contributed by atoms with Crippen LogP contribution in [-0.2, 0) is 15.3 Å². The van der Waals surface area contributed by atoms with Crippen LogP contribution in [0.2, 0.25) is 0 Å². The Kier molecular flexibility index (Phi) is 3.92. The lowest BCUT2D eigenvalue weighted by Gasteiger charge is -2.38. The van der Waals surface area contributed by atoms with E-state index in [1.165, 1.54) is 0 Å². The molecule has 1 aliphatic carbocycles. The van der Waals surface area contributed by atoms with Gasteiger partial charge in [-0.15, -0.1) is 0 Å². The van der Waals surface area contributed by atoms with Crippen LogP contribution in [0.3, 0.4) is 0 Å². The first-order valence-corrected chi connectivity index (χ1v) is 7.58. The summed E-state index contributed by atoms with van der Waals surface area (Å²) < 4.78 is 11.5. The summed E-state index contributed by atoms with van der Waals surface area (Å²) in [6.07, 6.45) is 3.83. The molecule has 2 aromatic carbocycles. The molecule has 0 bridgehead atoms. The van der Waals surface area contributed by atoms with Crippen molar-refractivity contribution in [1.29, 1.82) is 0 Å². The van der Waals surface area contributed by atoms with Crippen LogP contribution in [0.1, 0.15) is 28.4 Å². The van der Waals surface area contributed by atoms with Crippen LogP contribution in [-0.4, -0.2) is 20.0 Å². The van der Waals surface area contributed by atoms with E-state index in [4.69, 9.17) is 9.47 Å². The van der Waals surface area contributed by atoms with E-state index < -0.39 is 11.2 Å². The van der Waals surface area contributed by atoms with Crippen LogP contribution >= 0.6 is 0 Å². The lowest BCUT2D eigenvalue weighted by Crippen LogP contribution is -2.45. The number of ether oxygens (including phenoxy) is 2. The van der Waals surface area contributed by atoms with E-state index in [0.717, 1.165) is 11.1 Å². The van der Waals surface area contributed by atoms with Gasteiger partial charge in [0.05, 0.1) is 0 Å². The van der Waals surface area contributed by atoms with Crippen LogP contribution < -0.4 is 0 Å². The summed E-state index contributed by atoms with van der Waals surface area (Å²) in [5.41, 5.74) is 1.51. The first-order valence-electron chi connectivity index (χ1n) is 7.58. The van der Waals surface area contributed by atoms with Gasteiger partial charge in [-0.2, -0.15) is 0 Å². The van der Waals surface area contributed by atoms with Crippen LogP contribution in [0.4, 0.5) is 0 Å². The highest BCUT2D eigenvalue weighted by Gasteiger charge is 2.61. The van der Waals surface area contributed by atoms with Gasteiger partial charge in [0.25, 0.3) is 0 Å². The van der Waals surface area contributed by atoms with Crippen molar-refractivity contribution in [3.05, 3.63) is 77.4 Å². The van der Waals surface area contributed by atoms with Crippen molar-refractivity contribution in [3.8, 4) is 0 Å². The second-order valence-electron chi connectivity index (χ2n) is 5.85. The largest absolute Gasteiger partial charge is 0.348 e. The quantitative estimate of drug-likeness (QED) is 0.799. The fraction of sp³-hybridized carbons (Fsp3) is 0.250. The van der Waals surface area contributed by atoms with Crippen LogP contribution in [0.25, 0.3) is 6.08 Å². The summed E-state index contributed by atoms with van der Waals surface area (Å²) in [5.74, 6) is -1.12. The SMILES string of the molecule is COC1(OC)c2ccccc2C(=O)C1(C)C=Cc1ccccc1. The molecule has 1 atom stereocenters. The molecule has 0 saturated carbocycles. The Balaban J connectivity index is 2.13. The highest BCUT2D eigenvalue weighted by Crippen LogP contribution is 2.53. The molecule has 3 rings (SSSR count). The number of carbonyl (C=O) groups is 1. The fourth-order valence-electron chi connectivity index (χ4n) is 3.42. The molecule has 0 fully saturated rings. The van der Waals surface area contributed by atoms with Crippen molar-refractivity contribution >= 4 is 11.9 Å². The molecule has 1 unspecified atom stereocenters. The number of carbonyl (C=O) groups excluding carboxylic acids is 1. The fourth-order valence-corrected chi connectivity index (χ4v) is 3.42. The van der Waals surface area contributed by atoms with Crippen LogP contribution in [0.15, 0.2) is 60.7 Å². The number of ketones is 1. The zero-order valence-electron chi connectivity index (χ0n) is 13.6. The number of benzene rings is 2. The Labute approximate surface area is 136 Å². The van der Waals surface area contributed by atoms with Crippen LogP contribution in [0, 0.1) is 5.41 Å². The van der Waals surface area contributed by atoms with Crippen molar-refractivity contribution in [2.75, 3.05) is 14.2 Å². The van der Waals surface area contributed by atoms with E-state index in [-0.39, 0.29) is 5.78 Å². The maximum atomic E-state index is 13.1. The molecule has 0 saturated heterocycles. The Hall–Kier alpha value is -2.23. The minimum absolute atomic E-state index is 0.00369. The standard InChI is InChI=1S/C20H20O3/c1-19(14-13-15-9-5-4-6-10-15)18(21)16-11-7-8-12-17(16)20(19,22-2)23-3/h4-14H,1-3H3. The summed E-state index contributed by atoms with van der Waals surface area (Å²) in [5, 5.41) is 0. The number of rotatable bonds is 4. The molecule has 0 heterocycles. The van der Waals surface area contributed by atoms with Gasteiger partial charge in [0.2, 0.25) is 5.79 Å². The molecule has 0 radical (unpaired) electrons. The average Bonchev–Trinajstić information content (AvgIpc) is 2.80. The highest BCUT2D eigenvalue weighted by molar-refractivity contribution is 6.07. The smallest absolute Gasteiger partial charge is 0.211 e. The van der Waals surface area contributed by atoms with Crippen molar-refractivity contribution in [2.45, 2.75) is 12.7 Å². The van der Waals surface area contributed by atoms with Gasteiger partial charge in [-0.05, 0) is 12.5 Å². The predicted molar refractivity (Wildman–Crippen MR) is 90.1 cm³/mol. The zero-order valence-corrected chi connectivity index (χ0v) is 13.6. The number of hydrogen-bond acceptors (Lipinski definition) is 3. The van der Waals surface area contributed by atoms with E-state index in [0.29, 0.717) is 5.56 Å². The molecule has 0 N–H and O–H groups in total. The minimum atomic E-state index is -1.12. The molecular formula is C20H20O3. The molecule has 0 aromatic heterocycles. The maximum Gasteiger partial charge on any atom is 0.211 e. The Morgan fingerprint density at radius 1 is 0.913 bits per heavy atom. The number of methoxy groups -OCH3 is 2. The van der Waals surface area contributed by atoms with Gasteiger partial charge in [0.15, 0.2) is 5.78 Å². The molecular weight excluding hydrogens is 288 g/mol. The van der Waals surface area contributed by atoms with E-state index >= 15 is 0 Å². The third-order valence-corrected chi connectivity index (χ3v) is 4.67. The molecule has 0 amide bonds. The van der Waals surface area contributed by atoms with Gasteiger partial charge < -0.3 is 9.47 Å². The summed E-state index contributed by atoms with van der Waals surface area (Å²) in [6, 6.07) is 17.4. The third-order valence-electron chi connectivity index (χ3n) is 4.67. The second kappa shape index (κ2) is 5.76. The molecule has 3 nitrogen and oxygen atoms in total. The summed E-state index contributed by atoms with van der Waals surface area (Å²) in [7, 11) is 3.15. The summed E-state index contributed by atoms with van der Waals surface area (Å²) in [4.78, 5) is 13.1. The number of Topliss-reactive ketones (excluding diaryl/α,β-unsaturated/α-hetero) is 1. The normalized spacial score (nSPS) is 22.5. The van der Waals surface area contributed by atoms with Crippen molar-refractivity contribution in [3.63, 3.8) is 0 Å². The Morgan fingerprint density at radius 2 is 1.52 bits per heavy atom. The van der Waals surface area contributed by atoms with Gasteiger partial charge in [-0.3, -0.25) is 4.79 Å². The van der Waals surface area contributed by atoms with Gasteiger partial charge in [0.1, 0.15) is 5.41 Å². The number of hydrogen-bond donors (Lipinski definition) is 0. The van der Waals surface area contributed by atoms with Crippen molar-refractivity contribution < 1.29 is 14.3 Å². The molecule has 3 heteroatoms. The van der Waals surface area contributed by atoms with E-state index in [1.807, 2.05) is 73.7 Å². The summed E-state index contributed by atoms with van der Waals surface area (Å²) in [6.45, 7) is 1.86. The van der Waals surface area contributed by atoms with Gasteiger partial charge >= 0.3 is 0 Å². The van der Waals surface area contributed by atoms with Gasteiger partial charge in [-0.1, -0.05) is 66.7 Å². The third kappa shape index (κ3) is 2.16. The summed E-state index contributed by atoms with van der Waals surface area (Å²) >= 11 is 0.